The summed E-state index contributed by atoms with van der Waals surface area (Å²) in [6, 6.07) is 14.7. The van der Waals surface area contributed by atoms with Gasteiger partial charge < -0.3 is 20.6 Å². The van der Waals surface area contributed by atoms with E-state index in [-0.39, 0.29) is 23.7 Å². The second-order valence-corrected chi connectivity index (χ2v) is 7.20. The number of nitrogens with one attached hydrogen (secondary N) is 2. The highest BCUT2D eigenvalue weighted by atomic mass is 16.3. The van der Waals surface area contributed by atoms with E-state index in [1.54, 1.807) is 37.2 Å². The monoisotopic (exact) mass is 377 g/mol. The number of phenolic OH excluding ortho intramolecular Hbond substituents is 1. The van der Waals surface area contributed by atoms with Crippen molar-refractivity contribution in [1.29, 1.82) is 0 Å². The number of likely N-dealkylation sites (N-methyl/N-ethyl adjacent to an activating group) is 1. The molecule has 0 spiro atoms. The number of carbonyl (C=O) groups is 1. The van der Waals surface area contributed by atoms with Gasteiger partial charge in [0.15, 0.2) is 5.82 Å². The Bertz CT molecular complexity index is 1020. The molecule has 1 aromatic heterocycles. The van der Waals surface area contributed by atoms with Gasteiger partial charge in [0.1, 0.15) is 11.6 Å². The number of nitrogens with zero attached hydrogens (tertiary/aromatic N) is 3. The lowest BCUT2D eigenvalue weighted by Gasteiger charge is -2.17. The first-order valence-corrected chi connectivity index (χ1v) is 9.29. The Morgan fingerprint density at radius 2 is 1.89 bits per heavy atom. The van der Waals surface area contributed by atoms with Crippen molar-refractivity contribution in [1.82, 2.24) is 20.2 Å². The number of phenols is 1. The highest BCUT2D eigenvalue weighted by Gasteiger charge is 2.30. The average Bonchev–Trinajstić information content (AvgIpc) is 3.16. The summed E-state index contributed by atoms with van der Waals surface area (Å²) in [5.74, 6) is 1.38. The summed E-state index contributed by atoms with van der Waals surface area (Å²) in [5, 5.41) is 17.9. The molecule has 2 heterocycles. The molecule has 0 saturated carbocycles. The summed E-state index contributed by atoms with van der Waals surface area (Å²) in [7, 11) is 3.53. The predicted molar refractivity (Wildman–Crippen MR) is 109 cm³/mol. The fraction of sp³-hybridized carbons (Fsp3) is 0.286. The molecule has 144 valence electrons. The molecule has 4 rings (SSSR count). The normalized spacial score (nSPS) is 18.9. The SMILES string of the molecule is CN(C)C(=O)[C@H]1CC(Nc2nc(-c3ccccc3O)nc3ccccc23)CN1. The number of fused-ring (bicyclic) bond motifs is 1. The van der Waals surface area contributed by atoms with E-state index in [0.717, 1.165) is 10.9 Å². The summed E-state index contributed by atoms with van der Waals surface area (Å²) in [6.45, 7) is 0.675. The topological polar surface area (TPSA) is 90.4 Å². The van der Waals surface area contributed by atoms with Crippen LogP contribution < -0.4 is 10.6 Å². The third-order valence-electron chi connectivity index (χ3n) is 4.96. The predicted octanol–water partition coefficient (Wildman–Crippen LogP) is 2.23. The molecule has 1 aliphatic rings. The quantitative estimate of drug-likeness (QED) is 0.646. The largest absolute Gasteiger partial charge is 0.507 e. The van der Waals surface area contributed by atoms with Crippen molar-refractivity contribution in [2.75, 3.05) is 26.0 Å². The van der Waals surface area contributed by atoms with Crippen molar-refractivity contribution < 1.29 is 9.90 Å². The fourth-order valence-corrected chi connectivity index (χ4v) is 3.51. The molecule has 1 fully saturated rings. The summed E-state index contributed by atoms with van der Waals surface area (Å²) >= 11 is 0. The van der Waals surface area contributed by atoms with Gasteiger partial charge >= 0.3 is 0 Å². The van der Waals surface area contributed by atoms with Gasteiger partial charge in [-0.3, -0.25) is 4.79 Å². The lowest BCUT2D eigenvalue weighted by molar-refractivity contribution is -0.130. The Balaban J connectivity index is 1.67. The zero-order valence-corrected chi connectivity index (χ0v) is 15.9. The minimum absolute atomic E-state index is 0.0735. The molecule has 2 atom stereocenters. The van der Waals surface area contributed by atoms with Crippen LogP contribution in [0.15, 0.2) is 48.5 Å². The van der Waals surface area contributed by atoms with Crippen molar-refractivity contribution in [3.8, 4) is 17.1 Å². The van der Waals surface area contributed by atoms with E-state index >= 15 is 0 Å². The van der Waals surface area contributed by atoms with Crippen LogP contribution in [0, 0.1) is 0 Å². The number of aromatic nitrogens is 2. The van der Waals surface area contributed by atoms with Crippen molar-refractivity contribution >= 4 is 22.6 Å². The van der Waals surface area contributed by atoms with Gasteiger partial charge in [-0.05, 0) is 30.7 Å². The van der Waals surface area contributed by atoms with Crippen LogP contribution in [0.4, 0.5) is 5.82 Å². The first kappa shape index (κ1) is 18.2. The minimum atomic E-state index is -0.196. The molecular formula is C21H23N5O2. The molecule has 0 radical (unpaired) electrons. The fourth-order valence-electron chi connectivity index (χ4n) is 3.51. The molecule has 3 aromatic rings. The second-order valence-electron chi connectivity index (χ2n) is 7.20. The van der Waals surface area contributed by atoms with E-state index in [4.69, 9.17) is 4.98 Å². The van der Waals surface area contributed by atoms with Crippen molar-refractivity contribution in [3.05, 3.63) is 48.5 Å². The van der Waals surface area contributed by atoms with Crippen molar-refractivity contribution in [3.63, 3.8) is 0 Å². The van der Waals surface area contributed by atoms with Crippen LogP contribution in [-0.2, 0) is 4.79 Å². The van der Waals surface area contributed by atoms with Crippen LogP contribution in [0.5, 0.6) is 5.75 Å². The van der Waals surface area contributed by atoms with Crippen LogP contribution in [0.2, 0.25) is 0 Å². The molecule has 7 heteroatoms. The second kappa shape index (κ2) is 7.44. The molecule has 3 N–H and O–H groups in total. The Morgan fingerprint density at radius 3 is 2.68 bits per heavy atom. The maximum absolute atomic E-state index is 12.2. The maximum atomic E-state index is 12.2. The lowest BCUT2D eigenvalue weighted by Crippen LogP contribution is -2.39. The lowest BCUT2D eigenvalue weighted by atomic mass is 10.1. The number of para-hydroxylation sites is 2. The van der Waals surface area contributed by atoms with E-state index in [1.165, 1.54) is 0 Å². The van der Waals surface area contributed by atoms with Gasteiger partial charge in [-0.15, -0.1) is 0 Å². The smallest absolute Gasteiger partial charge is 0.239 e. The number of anilines is 1. The van der Waals surface area contributed by atoms with E-state index in [1.807, 2.05) is 30.3 Å². The van der Waals surface area contributed by atoms with E-state index in [9.17, 15) is 9.90 Å². The number of hydrogen-bond acceptors (Lipinski definition) is 6. The molecule has 7 nitrogen and oxygen atoms in total. The number of benzene rings is 2. The van der Waals surface area contributed by atoms with Crippen molar-refractivity contribution in [2.45, 2.75) is 18.5 Å². The molecule has 28 heavy (non-hydrogen) atoms. The standard InChI is InChI=1S/C21H23N5O2/c1-26(2)21(28)17-11-13(12-22-17)23-19-14-7-3-5-9-16(14)24-20(25-19)15-8-4-6-10-18(15)27/h3-10,13,17,22,27H,11-12H2,1-2H3,(H,23,24,25)/t13?,17-/m1/s1. The first-order valence-electron chi connectivity index (χ1n) is 9.29. The minimum Gasteiger partial charge on any atom is -0.507 e. The highest BCUT2D eigenvalue weighted by Crippen LogP contribution is 2.30. The number of rotatable bonds is 4. The van der Waals surface area contributed by atoms with E-state index in [0.29, 0.717) is 30.2 Å². The van der Waals surface area contributed by atoms with Gasteiger partial charge in [-0.1, -0.05) is 24.3 Å². The van der Waals surface area contributed by atoms with Gasteiger partial charge in [-0.2, -0.15) is 0 Å². The van der Waals surface area contributed by atoms with Gasteiger partial charge in [0.25, 0.3) is 0 Å². The molecule has 1 saturated heterocycles. The maximum Gasteiger partial charge on any atom is 0.239 e. The molecular weight excluding hydrogens is 354 g/mol. The summed E-state index contributed by atoms with van der Waals surface area (Å²) in [6.07, 6.45) is 0.682. The molecule has 0 aliphatic carbocycles. The third kappa shape index (κ3) is 3.48. The molecule has 0 bridgehead atoms. The van der Waals surface area contributed by atoms with Gasteiger partial charge in [0.05, 0.1) is 17.1 Å². The summed E-state index contributed by atoms with van der Waals surface area (Å²) < 4.78 is 0. The van der Waals surface area contributed by atoms with Crippen molar-refractivity contribution in [2.24, 2.45) is 0 Å². The Hall–Kier alpha value is -3.19. The first-order chi connectivity index (χ1) is 13.5. The van der Waals surface area contributed by atoms with E-state index < -0.39 is 0 Å². The number of carbonyl (C=O) groups excluding carboxylic acids is 1. The zero-order chi connectivity index (χ0) is 19.7. The summed E-state index contributed by atoms with van der Waals surface area (Å²) in [4.78, 5) is 23.1. The molecule has 1 aliphatic heterocycles. The van der Waals surface area contributed by atoms with Crippen LogP contribution >= 0.6 is 0 Å². The third-order valence-corrected chi connectivity index (χ3v) is 4.96. The molecule has 1 unspecified atom stereocenters. The van der Waals surface area contributed by atoms with E-state index in [2.05, 4.69) is 15.6 Å². The van der Waals surface area contributed by atoms with Gasteiger partial charge in [-0.25, -0.2) is 9.97 Å². The Morgan fingerprint density at radius 1 is 1.14 bits per heavy atom. The van der Waals surface area contributed by atoms with Crippen LogP contribution in [0.1, 0.15) is 6.42 Å². The zero-order valence-electron chi connectivity index (χ0n) is 15.9. The highest BCUT2D eigenvalue weighted by molar-refractivity contribution is 5.91. The Kier molecular flexibility index (Phi) is 4.83. The van der Waals surface area contributed by atoms with Crippen LogP contribution in [0.3, 0.4) is 0 Å². The van der Waals surface area contributed by atoms with Gasteiger partial charge in [0.2, 0.25) is 5.91 Å². The average molecular weight is 377 g/mol. The summed E-state index contributed by atoms with van der Waals surface area (Å²) in [5.41, 5.74) is 1.38. The molecule has 1 amide bonds. The number of hydrogen-bond donors (Lipinski definition) is 3. The number of aromatic hydroxyl groups is 1. The van der Waals surface area contributed by atoms with Crippen LogP contribution in [-0.4, -0.2) is 58.6 Å². The number of amides is 1. The van der Waals surface area contributed by atoms with Crippen LogP contribution in [0.25, 0.3) is 22.3 Å². The van der Waals surface area contributed by atoms with Gasteiger partial charge in [0, 0.05) is 32.1 Å². The Labute approximate surface area is 163 Å². The molecule has 2 aromatic carbocycles.